The van der Waals surface area contributed by atoms with Crippen LogP contribution in [0.2, 0.25) is 0 Å². The molecule has 1 aromatic carbocycles. The maximum atomic E-state index is 11.5. The topological polar surface area (TPSA) is 68.5 Å². The third-order valence-corrected chi connectivity index (χ3v) is 1.91. The molecule has 0 saturated carbocycles. The van der Waals surface area contributed by atoms with Gasteiger partial charge in [-0.15, -0.1) is 0 Å². The number of nitriles is 1. The third-order valence-electron chi connectivity index (χ3n) is 1.91. The number of anilines is 1. The van der Waals surface area contributed by atoms with Crippen LogP contribution in [-0.2, 0) is 4.79 Å². The van der Waals surface area contributed by atoms with Crippen LogP contribution in [0.5, 0.6) is 0 Å². The Kier molecular flexibility index (Phi) is 5.13. The molecule has 0 spiro atoms. The van der Waals surface area contributed by atoms with Crippen LogP contribution >= 0.6 is 0 Å². The molecule has 0 unspecified atom stereocenters. The normalized spacial score (nSPS) is 11.1. The number of carbonyl (C=O) groups is 1. The summed E-state index contributed by atoms with van der Waals surface area (Å²) in [6.45, 7) is 0. The number of rotatable bonds is 4. The molecular formula is C13H14N4O. The van der Waals surface area contributed by atoms with E-state index in [2.05, 4.69) is 10.3 Å². The molecule has 0 fully saturated rings. The molecule has 5 nitrogen and oxygen atoms in total. The number of carbonyl (C=O) groups excluding carboxylic acids is 1. The van der Waals surface area contributed by atoms with Gasteiger partial charge in [0.1, 0.15) is 11.6 Å². The highest BCUT2D eigenvalue weighted by molar-refractivity contribution is 6.01. The fourth-order valence-electron chi connectivity index (χ4n) is 1.07. The lowest BCUT2D eigenvalue weighted by Gasteiger charge is -2.02. The van der Waals surface area contributed by atoms with Crippen LogP contribution in [0, 0.1) is 11.3 Å². The van der Waals surface area contributed by atoms with Crippen LogP contribution in [0.1, 0.15) is 0 Å². The SMILES string of the molecule is CN(C)C=NC(=O)C(C#N)=CNc1ccccc1. The molecule has 0 aliphatic carbocycles. The highest BCUT2D eigenvalue weighted by Gasteiger charge is 2.06. The first-order valence-corrected chi connectivity index (χ1v) is 5.30. The van der Waals surface area contributed by atoms with Crippen molar-refractivity contribution >= 4 is 17.9 Å². The molecule has 18 heavy (non-hydrogen) atoms. The second kappa shape index (κ2) is 6.86. The smallest absolute Gasteiger partial charge is 0.290 e. The quantitative estimate of drug-likeness (QED) is 0.377. The van der Waals surface area contributed by atoms with E-state index in [4.69, 9.17) is 5.26 Å². The van der Waals surface area contributed by atoms with Gasteiger partial charge in [-0.05, 0) is 12.1 Å². The van der Waals surface area contributed by atoms with Gasteiger partial charge in [0.25, 0.3) is 5.91 Å². The van der Waals surface area contributed by atoms with Crippen molar-refractivity contribution in [1.82, 2.24) is 4.90 Å². The second-order valence-corrected chi connectivity index (χ2v) is 3.69. The van der Waals surface area contributed by atoms with E-state index in [9.17, 15) is 4.79 Å². The molecule has 0 aliphatic rings. The molecule has 1 rings (SSSR count). The molecular weight excluding hydrogens is 228 g/mol. The molecule has 0 atom stereocenters. The minimum atomic E-state index is -0.574. The summed E-state index contributed by atoms with van der Waals surface area (Å²) in [5.74, 6) is -0.574. The van der Waals surface area contributed by atoms with Gasteiger partial charge in [0.15, 0.2) is 0 Å². The molecule has 0 bridgehead atoms. The van der Waals surface area contributed by atoms with Crippen molar-refractivity contribution in [1.29, 1.82) is 5.26 Å². The van der Waals surface area contributed by atoms with Crippen LogP contribution in [0.25, 0.3) is 0 Å². The maximum absolute atomic E-state index is 11.5. The molecule has 0 heterocycles. The predicted molar refractivity (Wildman–Crippen MR) is 70.9 cm³/mol. The molecule has 1 aromatic rings. The van der Waals surface area contributed by atoms with Crippen molar-refractivity contribution in [2.75, 3.05) is 19.4 Å². The highest BCUT2D eigenvalue weighted by atomic mass is 16.1. The lowest BCUT2D eigenvalue weighted by molar-refractivity contribution is -0.114. The van der Waals surface area contributed by atoms with Gasteiger partial charge in [0.05, 0.1) is 6.34 Å². The number of nitrogens with one attached hydrogen (secondary N) is 1. The molecule has 1 N–H and O–H groups in total. The zero-order valence-corrected chi connectivity index (χ0v) is 10.3. The van der Waals surface area contributed by atoms with Gasteiger partial charge in [-0.1, -0.05) is 18.2 Å². The average molecular weight is 242 g/mol. The molecule has 0 aliphatic heterocycles. The number of hydrogen-bond acceptors (Lipinski definition) is 3. The number of hydrogen-bond donors (Lipinski definition) is 1. The Morgan fingerprint density at radius 3 is 2.61 bits per heavy atom. The van der Waals surface area contributed by atoms with Crippen LogP contribution in [-0.4, -0.2) is 31.2 Å². The van der Waals surface area contributed by atoms with E-state index >= 15 is 0 Å². The van der Waals surface area contributed by atoms with Gasteiger partial charge >= 0.3 is 0 Å². The van der Waals surface area contributed by atoms with Crippen LogP contribution in [0.3, 0.4) is 0 Å². The fraction of sp³-hybridized carbons (Fsp3) is 0.154. The molecule has 92 valence electrons. The molecule has 1 amide bonds. The fourth-order valence-corrected chi connectivity index (χ4v) is 1.07. The lowest BCUT2D eigenvalue weighted by atomic mass is 10.3. The highest BCUT2D eigenvalue weighted by Crippen LogP contribution is 2.06. The Hall–Kier alpha value is -2.61. The largest absolute Gasteiger partial charge is 0.369 e. The number of nitrogens with zero attached hydrogens (tertiary/aromatic N) is 3. The Morgan fingerprint density at radius 1 is 1.39 bits per heavy atom. The van der Waals surface area contributed by atoms with Crippen LogP contribution in [0.15, 0.2) is 47.1 Å². The van der Waals surface area contributed by atoms with Crippen molar-refractivity contribution in [3.05, 3.63) is 42.1 Å². The van der Waals surface area contributed by atoms with Crippen molar-refractivity contribution < 1.29 is 4.79 Å². The first kappa shape index (κ1) is 13.5. The van der Waals surface area contributed by atoms with Crippen LogP contribution in [0.4, 0.5) is 5.69 Å². The average Bonchev–Trinajstić information content (AvgIpc) is 2.38. The van der Waals surface area contributed by atoms with E-state index in [1.165, 1.54) is 12.5 Å². The Morgan fingerprint density at radius 2 is 2.06 bits per heavy atom. The Balaban J connectivity index is 2.72. The van der Waals surface area contributed by atoms with E-state index < -0.39 is 5.91 Å². The van der Waals surface area contributed by atoms with Gasteiger partial charge in [0.2, 0.25) is 0 Å². The zero-order chi connectivity index (χ0) is 13.4. The molecule has 0 saturated heterocycles. The van der Waals surface area contributed by atoms with Crippen molar-refractivity contribution in [3.8, 4) is 6.07 Å². The van der Waals surface area contributed by atoms with E-state index in [1.807, 2.05) is 36.4 Å². The summed E-state index contributed by atoms with van der Waals surface area (Å²) in [5, 5.41) is 11.7. The number of aliphatic imine (C=N–C) groups is 1. The molecule has 5 heteroatoms. The first-order valence-electron chi connectivity index (χ1n) is 5.30. The zero-order valence-electron chi connectivity index (χ0n) is 10.3. The van der Waals surface area contributed by atoms with Crippen molar-refractivity contribution in [3.63, 3.8) is 0 Å². The second-order valence-electron chi connectivity index (χ2n) is 3.69. The summed E-state index contributed by atoms with van der Waals surface area (Å²) >= 11 is 0. The van der Waals surface area contributed by atoms with E-state index in [1.54, 1.807) is 19.0 Å². The van der Waals surface area contributed by atoms with Gasteiger partial charge in [0, 0.05) is 26.0 Å². The van der Waals surface area contributed by atoms with E-state index in [-0.39, 0.29) is 5.57 Å². The molecule has 0 aromatic heterocycles. The van der Waals surface area contributed by atoms with E-state index in [0.717, 1.165) is 5.69 Å². The van der Waals surface area contributed by atoms with Crippen molar-refractivity contribution in [2.45, 2.75) is 0 Å². The monoisotopic (exact) mass is 242 g/mol. The predicted octanol–water partition coefficient (Wildman–Crippen LogP) is 1.62. The third kappa shape index (κ3) is 4.49. The lowest BCUT2D eigenvalue weighted by Crippen LogP contribution is -2.10. The van der Waals surface area contributed by atoms with Gasteiger partial charge < -0.3 is 10.2 Å². The minimum Gasteiger partial charge on any atom is -0.369 e. The Bertz CT molecular complexity index is 497. The summed E-state index contributed by atoms with van der Waals surface area (Å²) in [7, 11) is 3.49. The Labute approximate surface area is 106 Å². The van der Waals surface area contributed by atoms with Crippen molar-refractivity contribution in [2.24, 2.45) is 4.99 Å². The van der Waals surface area contributed by atoms with Gasteiger partial charge in [-0.3, -0.25) is 4.79 Å². The summed E-state index contributed by atoms with van der Waals surface area (Å²) in [6.07, 6.45) is 2.71. The van der Waals surface area contributed by atoms with Crippen LogP contribution < -0.4 is 5.32 Å². The molecule has 0 radical (unpaired) electrons. The van der Waals surface area contributed by atoms with E-state index in [0.29, 0.717) is 0 Å². The maximum Gasteiger partial charge on any atom is 0.290 e. The first-order chi connectivity index (χ1) is 8.63. The summed E-state index contributed by atoms with van der Waals surface area (Å²) in [6, 6.07) is 11.1. The summed E-state index contributed by atoms with van der Waals surface area (Å²) in [5.41, 5.74) is 0.756. The van der Waals surface area contributed by atoms with Gasteiger partial charge in [-0.2, -0.15) is 10.3 Å². The number of para-hydroxylation sites is 1. The summed E-state index contributed by atoms with van der Waals surface area (Å²) in [4.78, 5) is 16.8. The van der Waals surface area contributed by atoms with Gasteiger partial charge in [-0.25, -0.2) is 0 Å². The standard InChI is InChI=1S/C13H14N4O/c1-17(2)10-16-13(18)11(8-14)9-15-12-6-4-3-5-7-12/h3-7,9-10,15H,1-2H3. The number of amides is 1. The minimum absolute atomic E-state index is 0.0445. The number of benzene rings is 1. The summed E-state index contributed by atoms with van der Waals surface area (Å²) < 4.78 is 0.